The summed E-state index contributed by atoms with van der Waals surface area (Å²) in [5.74, 6) is -0.344. The van der Waals surface area contributed by atoms with E-state index < -0.39 is 0 Å². The Hall–Kier alpha value is -2.40. The molecule has 1 amide bonds. The van der Waals surface area contributed by atoms with Crippen molar-refractivity contribution in [2.24, 2.45) is 0 Å². The Labute approximate surface area is 147 Å². The van der Waals surface area contributed by atoms with E-state index in [1.807, 2.05) is 24.3 Å². The van der Waals surface area contributed by atoms with Crippen LogP contribution < -0.4 is 4.90 Å². The van der Waals surface area contributed by atoms with Crippen LogP contribution in [0.15, 0.2) is 48.5 Å². The molecule has 1 aliphatic rings. The van der Waals surface area contributed by atoms with Crippen molar-refractivity contribution in [3.05, 3.63) is 65.5 Å². The molecule has 3 rings (SSSR count). The maximum Gasteiger partial charge on any atom is 0.253 e. The number of rotatable bonds is 4. The summed E-state index contributed by atoms with van der Waals surface area (Å²) in [7, 11) is 1.74. The number of hydrogen-bond acceptors (Lipinski definition) is 3. The SMILES string of the molecule is CN(Cc1ccc(F)cc1)C(=O)c1ccc(N2CCC(O)CC2)cc1. The average Bonchev–Trinajstić information content (AvgIpc) is 2.64. The number of anilines is 1. The highest BCUT2D eigenvalue weighted by molar-refractivity contribution is 5.94. The summed E-state index contributed by atoms with van der Waals surface area (Å²) in [4.78, 5) is 16.4. The van der Waals surface area contributed by atoms with Gasteiger partial charge in [0.05, 0.1) is 6.10 Å². The third-order valence-corrected chi connectivity index (χ3v) is 4.62. The van der Waals surface area contributed by atoms with Gasteiger partial charge in [-0.25, -0.2) is 4.39 Å². The summed E-state index contributed by atoms with van der Waals surface area (Å²) in [5.41, 5.74) is 2.59. The Kier molecular flexibility index (Phi) is 5.34. The van der Waals surface area contributed by atoms with Crippen LogP contribution in [0.3, 0.4) is 0 Å². The van der Waals surface area contributed by atoms with Crippen LogP contribution >= 0.6 is 0 Å². The first-order chi connectivity index (χ1) is 12.0. The highest BCUT2D eigenvalue weighted by Crippen LogP contribution is 2.21. The van der Waals surface area contributed by atoms with Gasteiger partial charge in [-0.3, -0.25) is 4.79 Å². The van der Waals surface area contributed by atoms with Crippen LogP contribution in [0.1, 0.15) is 28.8 Å². The van der Waals surface area contributed by atoms with E-state index in [-0.39, 0.29) is 17.8 Å². The zero-order valence-electron chi connectivity index (χ0n) is 14.4. The number of aliphatic hydroxyl groups excluding tert-OH is 1. The summed E-state index contributed by atoms with van der Waals surface area (Å²) < 4.78 is 13.0. The molecule has 5 heteroatoms. The summed E-state index contributed by atoms with van der Waals surface area (Å²) in [6.07, 6.45) is 1.36. The van der Waals surface area contributed by atoms with Crippen molar-refractivity contribution in [2.45, 2.75) is 25.5 Å². The summed E-state index contributed by atoms with van der Waals surface area (Å²) in [6.45, 7) is 2.10. The Morgan fingerprint density at radius 1 is 1.12 bits per heavy atom. The van der Waals surface area contributed by atoms with Crippen molar-refractivity contribution in [3.8, 4) is 0 Å². The Morgan fingerprint density at radius 2 is 1.72 bits per heavy atom. The Balaban J connectivity index is 1.62. The number of hydrogen-bond donors (Lipinski definition) is 1. The maximum atomic E-state index is 13.0. The number of carbonyl (C=O) groups excluding carboxylic acids is 1. The van der Waals surface area contributed by atoms with Crippen molar-refractivity contribution in [2.75, 3.05) is 25.0 Å². The number of carbonyl (C=O) groups is 1. The van der Waals surface area contributed by atoms with Crippen molar-refractivity contribution in [1.82, 2.24) is 4.90 Å². The van der Waals surface area contributed by atoms with Gasteiger partial charge in [0.15, 0.2) is 0 Å². The lowest BCUT2D eigenvalue weighted by Gasteiger charge is -2.31. The van der Waals surface area contributed by atoms with Crippen LogP contribution in [-0.2, 0) is 6.54 Å². The molecule has 0 bridgehead atoms. The predicted molar refractivity (Wildman–Crippen MR) is 96.1 cm³/mol. The minimum absolute atomic E-state index is 0.0649. The van der Waals surface area contributed by atoms with Crippen molar-refractivity contribution < 1.29 is 14.3 Å². The number of aliphatic hydroxyl groups is 1. The predicted octanol–water partition coefficient (Wildman–Crippen LogP) is 3.06. The lowest BCUT2D eigenvalue weighted by molar-refractivity contribution is 0.0785. The fourth-order valence-electron chi connectivity index (χ4n) is 3.09. The Morgan fingerprint density at radius 3 is 2.32 bits per heavy atom. The third kappa shape index (κ3) is 4.37. The van der Waals surface area contributed by atoms with Crippen LogP contribution in [0.2, 0.25) is 0 Å². The normalized spacial score (nSPS) is 15.2. The summed E-state index contributed by atoms with van der Waals surface area (Å²) in [5, 5.41) is 9.59. The van der Waals surface area contributed by atoms with Crippen LogP contribution in [0.5, 0.6) is 0 Å². The fraction of sp³-hybridized carbons (Fsp3) is 0.350. The molecule has 1 heterocycles. The second-order valence-corrected chi connectivity index (χ2v) is 6.55. The third-order valence-electron chi connectivity index (χ3n) is 4.62. The minimum Gasteiger partial charge on any atom is -0.393 e. The average molecular weight is 342 g/mol. The second kappa shape index (κ2) is 7.66. The first-order valence-electron chi connectivity index (χ1n) is 8.56. The molecule has 2 aromatic rings. The van der Waals surface area contributed by atoms with E-state index in [1.54, 1.807) is 24.1 Å². The maximum absolute atomic E-state index is 13.0. The topological polar surface area (TPSA) is 43.8 Å². The molecule has 1 saturated heterocycles. The van der Waals surface area contributed by atoms with Gasteiger partial charge in [0.1, 0.15) is 5.82 Å². The lowest BCUT2D eigenvalue weighted by Crippen LogP contribution is -2.35. The van der Waals surface area contributed by atoms with Gasteiger partial charge in [0, 0.05) is 37.9 Å². The van der Waals surface area contributed by atoms with Gasteiger partial charge in [0.25, 0.3) is 5.91 Å². The molecular weight excluding hydrogens is 319 g/mol. The quantitative estimate of drug-likeness (QED) is 0.929. The highest BCUT2D eigenvalue weighted by Gasteiger charge is 2.18. The molecule has 1 N–H and O–H groups in total. The molecule has 0 atom stereocenters. The van der Waals surface area contributed by atoms with Crippen LogP contribution in [0.25, 0.3) is 0 Å². The molecule has 0 aromatic heterocycles. The number of benzene rings is 2. The van der Waals surface area contributed by atoms with Crippen molar-refractivity contribution >= 4 is 11.6 Å². The smallest absolute Gasteiger partial charge is 0.253 e. The zero-order chi connectivity index (χ0) is 17.8. The van der Waals surface area contributed by atoms with Gasteiger partial charge in [-0.15, -0.1) is 0 Å². The van der Waals surface area contributed by atoms with E-state index >= 15 is 0 Å². The highest BCUT2D eigenvalue weighted by atomic mass is 19.1. The molecule has 0 spiro atoms. The van der Waals surface area contributed by atoms with E-state index in [4.69, 9.17) is 0 Å². The molecule has 1 fully saturated rings. The molecule has 0 unspecified atom stereocenters. The summed E-state index contributed by atoms with van der Waals surface area (Å²) in [6, 6.07) is 13.8. The largest absolute Gasteiger partial charge is 0.393 e. The number of nitrogens with zero attached hydrogens (tertiary/aromatic N) is 2. The van der Waals surface area contributed by atoms with E-state index in [0.29, 0.717) is 12.1 Å². The van der Waals surface area contributed by atoms with E-state index in [0.717, 1.165) is 37.2 Å². The minimum atomic E-state index is -0.279. The summed E-state index contributed by atoms with van der Waals surface area (Å²) >= 11 is 0. The molecule has 0 saturated carbocycles. The van der Waals surface area contributed by atoms with Crippen molar-refractivity contribution in [3.63, 3.8) is 0 Å². The first kappa shape index (κ1) is 17.4. The van der Waals surface area contributed by atoms with Crippen LogP contribution in [0, 0.1) is 5.82 Å². The fourth-order valence-corrected chi connectivity index (χ4v) is 3.09. The molecule has 1 aliphatic heterocycles. The number of halogens is 1. The molecule has 4 nitrogen and oxygen atoms in total. The lowest BCUT2D eigenvalue weighted by atomic mass is 10.1. The first-order valence-corrected chi connectivity index (χ1v) is 8.56. The van der Waals surface area contributed by atoms with E-state index in [9.17, 15) is 14.3 Å². The van der Waals surface area contributed by atoms with Gasteiger partial charge in [-0.1, -0.05) is 12.1 Å². The van der Waals surface area contributed by atoms with E-state index in [2.05, 4.69) is 4.90 Å². The van der Waals surface area contributed by atoms with Gasteiger partial charge in [-0.2, -0.15) is 0 Å². The zero-order valence-corrected chi connectivity index (χ0v) is 14.4. The molecule has 2 aromatic carbocycles. The molecule has 0 radical (unpaired) electrons. The van der Waals surface area contributed by atoms with Crippen LogP contribution in [-0.4, -0.2) is 42.2 Å². The standard InChI is InChI=1S/C20H23FN2O2/c1-22(14-15-2-6-17(21)7-3-15)20(25)16-4-8-18(9-5-16)23-12-10-19(24)11-13-23/h2-9,19,24H,10-14H2,1H3. The van der Waals surface area contributed by atoms with Gasteiger partial charge in [0.2, 0.25) is 0 Å². The molecule has 132 valence electrons. The molecule has 25 heavy (non-hydrogen) atoms. The van der Waals surface area contributed by atoms with Gasteiger partial charge < -0.3 is 14.9 Å². The van der Waals surface area contributed by atoms with Gasteiger partial charge >= 0.3 is 0 Å². The second-order valence-electron chi connectivity index (χ2n) is 6.55. The van der Waals surface area contributed by atoms with Crippen molar-refractivity contribution in [1.29, 1.82) is 0 Å². The molecule has 0 aliphatic carbocycles. The van der Waals surface area contributed by atoms with Gasteiger partial charge in [-0.05, 0) is 54.8 Å². The molecular formula is C20H23FN2O2. The number of amides is 1. The number of piperidine rings is 1. The monoisotopic (exact) mass is 342 g/mol. The Bertz CT molecular complexity index is 707. The van der Waals surface area contributed by atoms with Crippen LogP contribution in [0.4, 0.5) is 10.1 Å². The van der Waals surface area contributed by atoms with E-state index in [1.165, 1.54) is 12.1 Å².